The van der Waals surface area contributed by atoms with Gasteiger partial charge in [0.2, 0.25) is 0 Å². The molecular formula is C23H29IN4OS. The van der Waals surface area contributed by atoms with Crippen molar-refractivity contribution in [2.75, 3.05) is 7.05 Å². The van der Waals surface area contributed by atoms with E-state index in [4.69, 9.17) is 4.74 Å². The molecule has 1 aromatic heterocycles. The summed E-state index contributed by atoms with van der Waals surface area (Å²) < 4.78 is 5.80. The highest BCUT2D eigenvalue weighted by Crippen LogP contribution is 2.16. The van der Waals surface area contributed by atoms with E-state index in [-0.39, 0.29) is 24.0 Å². The zero-order chi connectivity index (χ0) is 20.5. The van der Waals surface area contributed by atoms with Gasteiger partial charge in [-0.15, -0.1) is 35.3 Å². The molecule has 0 bridgehead atoms. The summed E-state index contributed by atoms with van der Waals surface area (Å²) in [6.07, 6.45) is 0. The van der Waals surface area contributed by atoms with Gasteiger partial charge in [0.1, 0.15) is 0 Å². The van der Waals surface area contributed by atoms with Crippen LogP contribution >= 0.6 is 35.3 Å². The Morgan fingerprint density at radius 2 is 1.50 bits per heavy atom. The van der Waals surface area contributed by atoms with Crippen LogP contribution in [0.3, 0.4) is 0 Å². The smallest absolute Gasteiger partial charge is 0.191 e. The van der Waals surface area contributed by atoms with E-state index >= 15 is 0 Å². The maximum absolute atomic E-state index is 5.80. The van der Waals surface area contributed by atoms with Crippen LogP contribution < -0.4 is 10.6 Å². The summed E-state index contributed by atoms with van der Waals surface area (Å²) in [4.78, 5) is 10.0. The number of nitrogens with one attached hydrogen (secondary N) is 2. The number of benzene rings is 2. The van der Waals surface area contributed by atoms with Crippen LogP contribution in [0.2, 0.25) is 0 Å². The third-order valence-electron chi connectivity index (χ3n) is 4.50. The number of rotatable bonds is 8. The first-order valence-corrected chi connectivity index (χ1v) is 10.5. The maximum Gasteiger partial charge on any atom is 0.191 e. The number of ether oxygens (including phenoxy) is 1. The van der Waals surface area contributed by atoms with Gasteiger partial charge in [-0.05, 0) is 30.5 Å². The lowest BCUT2D eigenvalue weighted by molar-refractivity contribution is 0.107. The molecule has 7 heteroatoms. The largest absolute Gasteiger partial charge is 0.372 e. The highest BCUT2D eigenvalue weighted by molar-refractivity contribution is 14.0. The lowest BCUT2D eigenvalue weighted by Crippen LogP contribution is -2.36. The minimum atomic E-state index is 0. The first kappa shape index (κ1) is 24.3. The van der Waals surface area contributed by atoms with Gasteiger partial charge < -0.3 is 15.4 Å². The van der Waals surface area contributed by atoms with Gasteiger partial charge >= 0.3 is 0 Å². The molecule has 0 saturated carbocycles. The number of thiazole rings is 1. The van der Waals surface area contributed by atoms with Gasteiger partial charge in [0, 0.05) is 18.5 Å². The van der Waals surface area contributed by atoms with Gasteiger partial charge in [-0.25, -0.2) is 4.98 Å². The molecule has 0 saturated heterocycles. The van der Waals surface area contributed by atoms with Crippen LogP contribution in [0.4, 0.5) is 0 Å². The average molecular weight is 536 g/mol. The molecule has 0 amide bonds. The Kier molecular flexibility index (Phi) is 10.3. The number of aromatic nitrogens is 1. The van der Waals surface area contributed by atoms with Gasteiger partial charge in [0.15, 0.2) is 5.96 Å². The summed E-state index contributed by atoms with van der Waals surface area (Å²) in [5.74, 6) is 0.783. The van der Waals surface area contributed by atoms with Gasteiger partial charge in [-0.1, -0.05) is 54.6 Å². The van der Waals surface area contributed by atoms with Gasteiger partial charge in [-0.2, -0.15) is 0 Å². The summed E-state index contributed by atoms with van der Waals surface area (Å²) in [5, 5.41) is 7.81. The molecule has 2 N–H and O–H groups in total. The van der Waals surface area contributed by atoms with Crippen molar-refractivity contribution in [1.82, 2.24) is 15.6 Å². The average Bonchev–Trinajstić information content (AvgIpc) is 3.07. The molecule has 0 atom stereocenters. The van der Waals surface area contributed by atoms with E-state index in [1.165, 1.54) is 21.6 Å². The lowest BCUT2D eigenvalue weighted by atomic mass is 10.1. The third kappa shape index (κ3) is 7.70. The maximum atomic E-state index is 5.80. The standard InChI is InChI=1S/C23H28N4OS.HI/c1-17-22(29-18(2)27-17)14-26-23(24-3)25-13-19-9-11-21(12-10-19)16-28-15-20-7-5-4-6-8-20;/h4-12H,13-16H2,1-3H3,(H2,24,25,26);1H. The second kappa shape index (κ2) is 12.7. The monoisotopic (exact) mass is 536 g/mol. The fourth-order valence-electron chi connectivity index (χ4n) is 2.92. The quantitative estimate of drug-likeness (QED) is 0.243. The Balaban J connectivity index is 0.00000320. The molecule has 1 heterocycles. The van der Waals surface area contributed by atoms with E-state index in [1.807, 2.05) is 32.0 Å². The second-order valence-electron chi connectivity index (χ2n) is 6.82. The molecule has 3 rings (SSSR count). The molecule has 2 aromatic carbocycles. The number of guanidine groups is 1. The fourth-order valence-corrected chi connectivity index (χ4v) is 3.80. The van der Waals surface area contributed by atoms with Gasteiger partial charge in [0.05, 0.1) is 30.5 Å². The van der Waals surface area contributed by atoms with E-state index in [2.05, 4.69) is 57.0 Å². The van der Waals surface area contributed by atoms with Crippen molar-refractivity contribution in [2.24, 2.45) is 4.99 Å². The molecule has 160 valence electrons. The topological polar surface area (TPSA) is 58.5 Å². The van der Waals surface area contributed by atoms with Crippen molar-refractivity contribution in [3.63, 3.8) is 0 Å². The lowest BCUT2D eigenvalue weighted by Gasteiger charge is -2.12. The van der Waals surface area contributed by atoms with E-state index < -0.39 is 0 Å². The van der Waals surface area contributed by atoms with Crippen LogP contribution in [-0.2, 0) is 31.0 Å². The summed E-state index contributed by atoms with van der Waals surface area (Å²) in [6.45, 7) is 6.76. The molecule has 0 unspecified atom stereocenters. The SMILES string of the molecule is CN=C(NCc1ccc(COCc2ccccc2)cc1)NCc1sc(C)nc1C.I. The Morgan fingerprint density at radius 1 is 0.900 bits per heavy atom. The summed E-state index contributed by atoms with van der Waals surface area (Å²) in [7, 11) is 1.79. The minimum Gasteiger partial charge on any atom is -0.372 e. The van der Waals surface area contributed by atoms with Crippen molar-refractivity contribution in [1.29, 1.82) is 0 Å². The fraction of sp³-hybridized carbons (Fsp3) is 0.304. The van der Waals surface area contributed by atoms with Crippen LogP contribution in [0.1, 0.15) is 32.3 Å². The molecule has 0 aliphatic carbocycles. The van der Waals surface area contributed by atoms with E-state index in [0.717, 1.165) is 23.2 Å². The van der Waals surface area contributed by atoms with Gasteiger partial charge in [0.25, 0.3) is 0 Å². The van der Waals surface area contributed by atoms with Crippen molar-refractivity contribution >= 4 is 41.3 Å². The van der Waals surface area contributed by atoms with Crippen LogP contribution in [0.15, 0.2) is 59.6 Å². The normalized spacial score (nSPS) is 11.1. The van der Waals surface area contributed by atoms with E-state index in [0.29, 0.717) is 19.8 Å². The number of aryl methyl sites for hydroxylation is 2. The molecule has 0 radical (unpaired) electrons. The predicted octanol–water partition coefficient (Wildman–Crippen LogP) is 4.96. The number of aliphatic imine (C=N–C) groups is 1. The van der Waals surface area contributed by atoms with Crippen molar-refractivity contribution in [3.05, 3.63) is 86.9 Å². The first-order valence-electron chi connectivity index (χ1n) is 9.71. The molecule has 0 aliphatic heterocycles. The molecule has 0 aliphatic rings. The highest BCUT2D eigenvalue weighted by atomic mass is 127. The molecule has 0 spiro atoms. The van der Waals surface area contributed by atoms with Gasteiger partial charge in [-0.3, -0.25) is 4.99 Å². The number of halogens is 1. The van der Waals surface area contributed by atoms with E-state index in [9.17, 15) is 0 Å². The van der Waals surface area contributed by atoms with E-state index in [1.54, 1.807) is 18.4 Å². The van der Waals surface area contributed by atoms with Crippen LogP contribution in [-0.4, -0.2) is 18.0 Å². The van der Waals surface area contributed by atoms with Crippen molar-refractivity contribution in [3.8, 4) is 0 Å². The van der Waals surface area contributed by atoms with Crippen LogP contribution in [0, 0.1) is 13.8 Å². The Morgan fingerprint density at radius 3 is 2.10 bits per heavy atom. The van der Waals surface area contributed by atoms with Crippen molar-refractivity contribution in [2.45, 2.75) is 40.2 Å². The zero-order valence-corrected chi connectivity index (χ0v) is 20.8. The van der Waals surface area contributed by atoms with Crippen molar-refractivity contribution < 1.29 is 4.74 Å². The predicted molar refractivity (Wildman–Crippen MR) is 135 cm³/mol. The summed E-state index contributed by atoms with van der Waals surface area (Å²) in [6, 6.07) is 18.7. The molecule has 30 heavy (non-hydrogen) atoms. The molecule has 5 nitrogen and oxygen atoms in total. The third-order valence-corrected chi connectivity index (χ3v) is 5.58. The first-order chi connectivity index (χ1) is 14.1. The zero-order valence-electron chi connectivity index (χ0n) is 17.6. The van der Waals surface area contributed by atoms with Crippen LogP contribution in [0.25, 0.3) is 0 Å². The minimum absolute atomic E-state index is 0. The molecule has 3 aromatic rings. The number of hydrogen-bond donors (Lipinski definition) is 2. The van der Waals surface area contributed by atoms with Crippen LogP contribution in [0.5, 0.6) is 0 Å². The Bertz CT molecular complexity index is 926. The Labute approximate surface area is 200 Å². The summed E-state index contributed by atoms with van der Waals surface area (Å²) >= 11 is 1.72. The number of nitrogens with zero attached hydrogens (tertiary/aromatic N) is 2. The number of hydrogen-bond acceptors (Lipinski definition) is 4. The summed E-state index contributed by atoms with van der Waals surface area (Å²) in [5.41, 5.74) is 4.64. The highest BCUT2D eigenvalue weighted by Gasteiger charge is 2.06. The molecule has 0 fully saturated rings. The Hall–Kier alpha value is -1.97. The molecular weight excluding hydrogens is 507 g/mol. The second-order valence-corrected chi connectivity index (χ2v) is 8.10.